The molecule has 0 atom stereocenters. The summed E-state index contributed by atoms with van der Waals surface area (Å²) in [6, 6.07) is 9.33. The highest BCUT2D eigenvalue weighted by molar-refractivity contribution is 7.99. The van der Waals surface area contributed by atoms with Crippen molar-refractivity contribution in [3.8, 4) is 11.8 Å². The molecule has 0 aliphatic heterocycles. The number of benzene rings is 1. The van der Waals surface area contributed by atoms with Gasteiger partial charge in [-0.3, -0.25) is 0 Å². The third-order valence-corrected chi connectivity index (χ3v) is 4.48. The van der Waals surface area contributed by atoms with E-state index in [2.05, 4.69) is 27.8 Å². The summed E-state index contributed by atoms with van der Waals surface area (Å²) in [5.41, 5.74) is 0.616. The van der Waals surface area contributed by atoms with Crippen LogP contribution in [0, 0.1) is 11.3 Å². The largest absolute Gasteiger partial charge is 0.493 e. The van der Waals surface area contributed by atoms with Gasteiger partial charge in [-0.1, -0.05) is 17.8 Å². The predicted octanol–water partition coefficient (Wildman–Crippen LogP) is 3.22. The minimum absolute atomic E-state index is 0.578. The maximum absolute atomic E-state index is 8.86. The average molecular weight is 314 g/mol. The fraction of sp³-hybridized carbons (Fsp3) is 0.438. The second-order valence-corrected chi connectivity index (χ2v) is 6.26. The Morgan fingerprint density at radius 3 is 3.00 bits per heavy atom. The second kappa shape index (κ2) is 6.84. The van der Waals surface area contributed by atoms with Crippen molar-refractivity contribution in [3.63, 3.8) is 0 Å². The molecule has 1 aromatic carbocycles. The molecule has 0 amide bonds. The molecule has 0 saturated heterocycles. The van der Waals surface area contributed by atoms with E-state index in [0.717, 1.165) is 29.0 Å². The van der Waals surface area contributed by atoms with Crippen LogP contribution in [0.2, 0.25) is 0 Å². The van der Waals surface area contributed by atoms with Crippen LogP contribution in [0.5, 0.6) is 5.75 Å². The summed E-state index contributed by atoms with van der Waals surface area (Å²) in [6.45, 7) is 3.62. The van der Waals surface area contributed by atoms with Crippen LogP contribution in [0.3, 0.4) is 0 Å². The molecule has 0 radical (unpaired) electrons. The number of nitriles is 1. The Labute approximate surface area is 134 Å². The van der Waals surface area contributed by atoms with Crippen LogP contribution >= 0.6 is 11.8 Å². The number of aromatic nitrogens is 3. The normalized spacial score (nSPS) is 13.8. The molecule has 1 saturated carbocycles. The van der Waals surface area contributed by atoms with E-state index in [1.165, 1.54) is 12.8 Å². The van der Waals surface area contributed by atoms with Crippen LogP contribution in [-0.2, 0) is 6.54 Å². The third kappa shape index (κ3) is 3.42. The summed E-state index contributed by atoms with van der Waals surface area (Å²) >= 11 is 1.67. The van der Waals surface area contributed by atoms with Crippen molar-refractivity contribution in [1.82, 2.24) is 14.8 Å². The van der Waals surface area contributed by atoms with Crippen LogP contribution in [0.4, 0.5) is 0 Å². The number of thioether (sulfide) groups is 1. The summed E-state index contributed by atoms with van der Waals surface area (Å²) < 4.78 is 7.89. The molecule has 2 aromatic rings. The van der Waals surface area contributed by atoms with E-state index >= 15 is 0 Å². The number of rotatable bonds is 7. The van der Waals surface area contributed by atoms with Gasteiger partial charge in [0.15, 0.2) is 5.16 Å². The molecule has 1 aliphatic rings. The summed E-state index contributed by atoms with van der Waals surface area (Å²) in [5.74, 6) is 3.29. The molecule has 5 nitrogen and oxygen atoms in total. The molecular weight excluding hydrogens is 296 g/mol. The Balaban J connectivity index is 1.52. The molecule has 0 spiro atoms. The van der Waals surface area contributed by atoms with Gasteiger partial charge in [0, 0.05) is 18.2 Å². The standard InChI is InChI=1S/C16H18N4OS/c1-2-20-15(13-6-7-13)18-19-16(20)22-9-8-21-14-5-3-4-12(10-14)11-17/h3-5,10,13H,2,6-9H2,1H3. The van der Waals surface area contributed by atoms with Gasteiger partial charge >= 0.3 is 0 Å². The Morgan fingerprint density at radius 1 is 1.41 bits per heavy atom. The first-order chi connectivity index (χ1) is 10.8. The van der Waals surface area contributed by atoms with Crippen LogP contribution in [0.1, 0.15) is 37.1 Å². The highest BCUT2D eigenvalue weighted by Gasteiger charge is 2.29. The quantitative estimate of drug-likeness (QED) is 0.580. The molecule has 0 N–H and O–H groups in total. The van der Waals surface area contributed by atoms with Gasteiger partial charge in [-0.25, -0.2) is 0 Å². The molecular formula is C16H18N4OS. The zero-order valence-electron chi connectivity index (χ0n) is 12.5. The van der Waals surface area contributed by atoms with Crippen molar-refractivity contribution in [1.29, 1.82) is 5.26 Å². The van der Waals surface area contributed by atoms with Gasteiger partial charge < -0.3 is 9.30 Å². The molecule has 6 heteroatoms. The number of nitrogens with zero attached hydrogens (tertiary/aromatic N) is 4. The molecule has 1 aliphatic carbocycles. The monoisotopic (exact) mass is 314 g/mol. The average Bonchev–Trinajstić information content (AvgIpc) is 3.32. The summed E-state index contributed by atoms with van der Waals surface area (Å²) in [5, 5.41) is 18.5. The SMILES string of the molecule is CCn1c(SCCOc2cccc(C#N)c2)nnc1C1CC1. The maximum atomic E-state index is 8.86. The Morgan fingerprint density at radius 2 is 2.27 bits per heavy atom. The number of ether oxygens (including phenoxy) is 1. The van der Waals surface area contributed by atoms with E-state index in [0.29, 0.717) is 18.1 Å². The third-order valence-electron chi connectivity index (χ3n) is 3.55. The van der Waals surface area contributed by atoms with Crippen molar-refractivity contribution < 1.29 is 4.74 Å². The van der Waals surface area contributed by atoms with Crippen molar-refractivity contribution in [3.05, 3.63) is 35.7 Å². The molecule has 0 bridgehead atoms. The van der Waals surface area contributed by atoms with E-state index < -0.39 is 0 Å². The lowest BCUT2D eigenvalue weighted by Gasteiger charge is -2.08. The van der Waals surface area contributed by atoms with Crippen LogP contribution in [0.25, 0.3) is 0 Å². The van der Waals surface area contributed by atoms with Crippen molar-refractivity contribution in [2.45, 2.75) is 37.4 Å². The van der Waals surface area contributed by atoms with Crippen LogP contribution in [0.15, 0.2) is 29.4 Å². The van der Waals surface area contributed by atoms with E-state index in [9.17, 15) is 0 Å². The highest BCUT2D eigenvalue weighted by Crippen LogP contribution is 2.39. The first kappa shape index (κ1) is 14.9. The topological polar surface area (TPSA) is 63.7 Å². The molecule has 1 heterocycles. The van der Waals surface area contributed by atoms with E-state index in [1.54, 1.807) is 23.9 Å². The van der Waals surface area contributed by atoms with Gasteiger partial charge in [-0.2, -0.15) is 5.26 Å². The van der Waals surface area contributed by atoms with Crippen molar-refractivity contribution >= 4 is 11.8 Å². The Bertz CT molecular complexity index is 688. The molecule has 0 unspecified atom stereocenters. The van der Waals surface area contributed by atoms with Gasteiger partial charge in [0.2, 0.25) is 0 Å². The fourth-order valence-electron chi connectivity index (χ4n) is 2.30. The molecule has 1 fully saturated rings. The molecule has 114 valence electrons. The van der Waals surface area contributed by atoms with Gasteiger partial charge in [0.05, 0.1) is 18.2 Å². The lowest BCUT2D eigenvalue weighted by atomic mass is 10.2. The van der Waals surface area contributed by atoms with Crippen molar-refractivity contribution in [2.24, 2.45) is 0 Å². The van der Waals surface area contributed by atoms with Gasteiger partial charge in [0.1, 0.15) is 11.6 Å². The zero-order valence-corrected chi connectivity index (χ0v) is 13.3. The maximum Gasteiger partial charge on any atom is 0.191 e. The lowest BCUT2D eigenvalue weighted by molar-refractivity contribution is 0.343. The van der Waals surface area contributed by atoms with Gasteiger partial charge in [-0.05, 0) is 38.0 Å². The fourth-order valence-corrected chi connectivity index (χ4v) is 3.12. The Kier molecular flexibility index (Phi) is 4.64. The van der Waals surface area contributed by atoms with Crippen LogP contribution < -0.4 is 4.74 Å². The van der Waals surface area contributed by atoms with Crippen LogP contribution in [-0.4, -0.2) is 27.1 Å². The highest BCUT2D eigenvalue weighted by atomic mass is 32.2. The minimum Gasteiger partial charge on any atom is -0.493 e. The second-order valence-electron chi connectivity index (χ2n) is 5.20. The Hall–Kier alpha value is -2.00. The van der Waals surface area contributed by atoms with E-state index in [1.807, 2.05) is 12.1 Å². The number of hydrogen-bond donors (Lipinski definition) is 0. The molecule has 1 aromatic heterocycles. The smallest absolute Gasteiger partial charge is 0.191 e. The van der Waals surface area contributed by atoms with E-state index in [4.69, 9.17) is 10.00 Å². The summed E-state index contributed by atoms with van der Waals surface area (Å²) in [4.78, 5) is 0. The minimum atomic E-state index is 0.578. The first-order valence-electron chi connectivity index (χ1n) is 7.50. The predicted molar refractivity (Wildman–Crippen MR) is 85.0 cm³/mol. The molecule has 3 rings (SSSR count). The lowest BCUT2D eigenvalue weighted by Crippen LogP contribution is -2.04. The van der Waals surface area contributed by atoms with Crippen molar-refractivity contribution in [2.75, 3.05) is 12.4 Å². The number of hydrogen-bond acceptors (Lipinski definition) is 5. The first-order valence-corrected chi connectivity index (χ1v) is 8.49. The van der Waals surface area contributed by atoms with Gasteiger partial charge in [-0.15, -0.1) is 10.2 Å². The zero-order chi connectivity index (χ0) is 15.4. The molecule has 22 heavy (non-hydrogen) atoms. The summed E-state index contributed by atoms with van der Waals surface area (Å²) in [6.07, 6.45) is 2.47. The summed E-state index contributed by atoms with van der Waals surface area (Å²) in [7, 11) is 0. The van der Waals surface area contributed by atoms with E-state index in [-0.39, 0.29) is 0 Å². The van der Waals surface area contributed by atoms with Gasteiger partial charge in [0.25, 0.3) is 0 Å².